The number of nitrogen functional groups attached to an aromatic ring is 1. The summed E-state index contributed by atoms with van der Waals surface area (Å²) in [6.45, 7) is 4.64. The summed E-state index contributed by atoms with van der Waals surface area (Å²) < 4.78 is 0. The Kier molecular flexibility index (Phi) is 8.57. The zero-order valence-electron chi connectivity index (χ0n) is 19.8. The Morgan fingerprint density at radius 2 is 1.97 bits per heavy atom. The first-order valence-electron chi connectivity index (χ1n) is 12.6. The molecule has 1 saturated carbocycles. The molecule has 0 spiro atoms. The van der Waals surface area contributed by atoms with Crippen molar-refractivity contribution in [3.8, 4) is 0 Å². The fourth-order valence-electron chi connectivity index (χ4n) is 5.38. The van der Waals surface area contributed by atoms with Gasteiger partial charge in [0.25, 0.3) is 0 Å². The van der Waals surface area contributed by atoms with Crippen LogP contribution >= 0.6 is 11.3 Å². The number of nitrogens with two attached hydrogens (primary N) is 1. The molecule has 2 aromatic rings. The number of rotatable bonds is 9. The van der Waals surface area contributed by atoms with Crippen molar-refractivity contribution in [1.29, 1.82) is 0 Å². The first-order chi connectivity index (χ1) is 16.1. The standard InChI is InChI=1S/C27H38N4OS/c1-2-17-31(23-13-14-24-25(19-23)33-27(28)30-24)18-16-21-8-11-22(12-9-21)29-26(32)15-10-20-6-4-3-5-7-20/h3-7,10,15,21-23H,2,8-9,11-14,16-19H2,1H3,(H2,28,30)(H,29,32)/t21?,22?,23-/m0/s1. The van der Waals surface area contributed by atoms with Crippen molar-refractivity contribution in [2.45, 2.75) is 76.8 Å². The van der Waals surface area contributed by atoms with E-state index in [1.807, 2.05) is 36.4 Å². The van der Waals surface area contributed by atoms with Crippen molar-refractivity contribution in [3.05, 3.63) is 52.5 Å². The predicted molar refractivity (Wildman–Crippen MR) is 138 cm³/mol. The number of anilines is 1. The largest absolute Gasteiger partial charge is 0.375 e. The van der Waals surface area contributed by atoms with E-state index in [9.17, 15) is 4.79 Å². The maximum Gasteiger partial charge on any atom is 0.244 e. The topological polar surface area (TPSA) is 71.2 Å². The third-order valence-electron chi connectivity index (χ3n) is 7.20. The van der Waals surface area contributed by atoms with Gasteiger partial charge in [0.15, 0.2) is 5.13 Å². The molecule has 1 aromatic heterocycles. The van der Waals surface area contributed by atoms with Crippen LogP contribution in [0.2, 0.25) is 0 Å². The maximum atomic E-state index is 12.3. The average Bonchev–Trinajstić information content (AvgIpc) is 3.21. The number of nitrogens with one attached hydrogen (secondary N) is 1. The van der Waals surface area contributed by atoms with Gasteiger partial charge in [0.05, 0.1) is 5.69 Å². The number of carbonyl (C=O) groups is 1. The molecule has 1 heterocycles. The SMILES string of the molecule is CCCN(CCC1CCC(NC(=O)C=Cc2ccccc2)CC1)[C@H]1CCc2nc(N)sc2C1. The summed E-state index contributed by atoms with van der Waals surface area (Å²) in [5, 5.41) is 3.93. The smallest absolute Gasteiger partial charge is 0.244 e. The number of carbonyl (C=O) groups excluding carboxylic acids is 1. The molecule has 1 amide bonds. The molecular formula is C27H38N4OS. The molecule has 4 rings (SSSR count). The number of hydrogen-bond donors (Lipinski definition) is 2. The number of hydrogen-bond acceptors (Lipinski definition) is 5. The van der Waals surface area contributed by atoms with Crippen molar-refractivity contribution in [1.82, 2.24) is 15.2 Å². The van der Waals surface area contributed by atoms with Crippen LogP contribution in [0.3, 0.4) is 0 Å². The van der Waals surface area contributed by atoms with Gasteiger partial charge >= 0.3 is 0 Å². The molecule has 1 fully saturated rings. The highest BCUT2D eigenvalue weighted by atomic mass is 32.1. The molecule has 2 aliphatic rings. The van der Waals surface area contributed by atoms with Gasteiger partial charge in [0.1, 0.15) is 0 Å². The van der Waals surface area contributed by atoms with Crippen molar-refractivity contribution in [3.63, 3.8) is 0 Å². The molecule has 0 radical (unpaired) electrons. The van der Waals surface area contributed by atoms with E-state index in [1.54, 1.807) is 17.4 Å². The van der Waals surface area contributed by atoms with Crippen molar-refractivity contribution >= 4 is 28.5 Å². The second kappa shape index (κ2) is 11.8. The summed E-state index contributed by atoms with van der Waals surface area (Å²) in [7, 11) is 0. The number of amides is 1. The van der Waals surface area contributed by atoms with Gasteiger partial charge in [-0.25, -0.2) is 4.98 Å². The van der Waals surface area contributed by atoms with Crippen LogP contribution in [0.15, 0.2) is 36.4 Å². The molecule has 0 bridgehead atoms. The van der Waals surface area contributed by atoms with Crippen LogP contribution in [0.25, 0.3) is 6.08 Å². The van der Waals surface area contributed by atoms with Gasteiger partial charge in [-0.05, 0) is 88.4 Å². The second-order valence-corrected chi connectivity index (χ2v) is 10.7. The second-order valence-electron chi connectivity index (χ2n) is 9.61. The number of benzene rings is 1. The van der Waals surface area contributed by atoms with E-state index < -0.39 is 0 Å². The van der Waals surface area contributed by atoms with Gasteiger partial charge in [0, 0.05) is 23.0 Å². The monoisotopic (exact) mass is 466 g/mol. The molecule has 0 saturated heterocycles. The van der Waals surface area contributed by atoms with E-state index in [4.69, 9.17) is 5.73 Å². The molecule has 2 aliphatic carbocycles. The fourth-order valence-corrected chi connectivity index (χ4v) is 6.33. The Morgan fingerprint density at radius 3 is 2.73 bits per heavy atom. The minimum atomic E-state index is 0.0248. The molecule has 6 heteroatoms. The third kappa shape index (κ3) is 6.90. The summed E-state index contributed by atoms with van der Waals surface area (Å²) in [4.78, 5) is 20.9. The van der Waals surface area contributed by atoms with Crippen LogP contribution in [-0.4, -0.2) is 41.0 Å². The quantitative estimate of drug-likeness (QED) is 0.506. The van der Waals surface area contributed by atoms with Crippen LogP contribution in [-0.2, 0) is 17.6 Å². The lowest BCUT2D eigenvalue weighted by Gasteiger charge is -2.36. The fraction of sp³-hybridized carbons (Fsp3) is 0.556. The van der Waals surface area contributed by atoms with Crippen LogP contribution in [0.5, 0.6) is 0 Å². The Bertz CT molecular complexity index is 917. The number of aromatic nitrogens is 1. The van der Waals surface area contributed by atoms with E-state index in [1.165, 1.54) is 55.8 Å². The summed E-state index contributed by atoms with van der Waals surface area (Å²) in [6.07, 6.45) is 14.0. The van der Waals surface area contributed by atoms with Gasteiger partial charge in [0.2, 0.25) is 5.91 Å². The van der Waals surface area contributed by atoms with Gasteiger partial charge in [-0.1, -0.05) is 37.3 Å². The van der Waals surface area contributed by atoms with E-state index in [2.05, 4.69) is 22.1 Å². The Hall–Kier alpha value is -2.18. The lowest BCUT2D eigenvalue weighted by atomic mass is 9.83. The van der Waals surface area contributed by atoms with Crippen LogP contribution in [0.1, 0.15) is 68.0 Å². The Morgan fingerprint density at radius 1 is 1.18 bits per heavy atom. The molecule has 3 N–H and O–H groups in total. The highest BCUT2D eigenvalue weighted by Crippen LogP contribution is 2.32. The van der Waals surface area contributed by atoms with Gasteiger partial charge in [-0.15, -0.1) is 11.3 Å². The molecule has 178 valence electrons. The van der Waals surface area contributed by atoms with E-state index in [0.29, 0.717) is 12.1 Å². The molecule has 5 nitrogen and oxygen atoms in total. The Balaban J connectivity index is 1.19. The number of nitrogens with zero attached hydrogens (tertiary/aromatic N) is 2. The summed E-state index contributed by atoms with van der Waals surface area (Å²) in [5.41, 5.74) is 8.24. The van der Waals surface area contributed by atoms with Crippen molar-refractivity contribution < 1.29 is 4.79 Å². The number of fused-ring (bicyclic) bond motifs is 1. The third-order valence-corrected chi connectivity index (χ3v) is 8.15. The molecule has 1 aromatic carbocycles. The van der Waals surface area contributed by atoms with E-state index >= 15 is 0 Å². The van der Waals surface area contributed by atoms with Crippen LogP contribution in [0, 0.1) is 5.92 Å². The average molecular weight is 467 g/mol. The highest BCUT2D eigenvalue weighted by Gasteiger charge is 2.28. The van der Waals surface area contributed by atoms with Crippen LogP contribution in [0.4, 0.5) is 5.13 Å². The number of aryl methyl sites for hydroxylation is 1. The predicted octanol–water partition coefficient (Wildman–Crippen LogP) is 5.07. The van der Waals surface area contributed by atoms with E-state index in [-0.39, 0.29) is 5.91 Å². The zero-order chi connectivity index (χ0) is 23.0. The minimum Gasteiger partial charge on any atom is -0.375 e. The normalized spacial score (nSPS) is 23.0. The molecule has 0 unspecified atom stereocenters. The molecular weight excluding hydrogens is 428 g/mol. The maximum absolute atomic E-state index is 12.3. The summed E-state index contributed by atoms with van der Waals surface area (Å²) in [5.74, 6) is 0.798. The lowest BCUT2D eigenvalue weighted by Crippen LogP contribution is -2.41. The minimum absolute atomic E-state index is 0.0248. The highest BCUT2D eigenvalue weighted by molar-refractivity contribution is 7.15. The molecule has 0 aliphatic heterocycles. The first-order valence-corrected chi connectivity index (χ1v) is 13.4. The summed E-state index contributed by atoms with van der Waals surface area (Å²) in [6, 6.07) is 10.9. The lowest BCUT2D eigenvalue weighted by molar-refractivity contribution is -0.117. The van der Waals surface area contributed by atoms with Gasteiger partial charge < -0.3 is 16.0 Å². The van der Waals surface area contributed by atoms with Gasteiger partial charge in [-0.3, -0.25) is 4.79 Å². The summed E-state index contributed by atoms with van der Waals surface area (Å²) >= 11 is 1.68. The van der Waals surface area contributed by atoms with Crippen LogP contribution < -0.4 is 11.1 Å². The van der Waals surface area contributed by atoms with Gasteiger partial charge in [-0.2, -0.15) is 0 Å². The first kappa shape index (κ1) is 24.0. The Labute approximate surface area is 202 Å². The molecule has 33 heavy (non-hydrogen) atoms. The number of thiazole rings is 1. The van der Waals surface area contributed by atoms with Crippen molar-refractivity contribution in [2.24, 2.45) is 5.92 Å². The molecule has 1 atom stereocenters. The zero-order valence-corrected chi connectivity index (χ0v) is 20.7. The van der Waals surface area contributed by atoms with Crippen molar-refractivity contribution in [2.75, 3.05) is 18.8 Å². The van der Waals surface area contributed by atoms with E-state index in [0.717, 1.165) is 42.3 Å².